The van der Waals surface area contributed by atoms with Crippen LogP contribution in [-0.4, -0.2) is 38.3 Å². The lowest BCUT2D eigenvalue weighted by Crippen LogP contribution is -2.48. The van der Waals surface area contributed by atoms with Gasteiger partial charge in [0.25, 0.3) is 5.91 Å². The van der Waals surface area contributed by atoms with Crippen LogP contribution >= 0.6 is 12.4 Å². The summed E-state index contributed by atoms with van der Waals surface area (Å²) < 4.78 is 10.4. The zero-order chi connectivity index (χ0) is 14.8. The minimum atomic E-state index is -0.0396. The van der Waals surface area contributed by atoms with Crippen LogP contribution in [0.5, 0.6) is 11.5 Å². The first-order valence-electron chi connectivity index (χ1n) is 7.48. The molecule has 2 unspecified atom stereocenters. The minimum absolute atomic E-state index is 0. The lowest BCUT2D eigenvalue weighted by Gasteiger charge is -2.29. The van der Waals surface area contributed by atoms with Crippen molar-refractivity contribution >= 4 is 18.3 Å². The Morgan fingerprint density at radius 1 is 1.14 bits per heavy atom. The van der Waals surface area contributed by atoms with Gasteiger partial charge in [-0.25, -0.2) is 0 Å². The van der Waals surface area contributed by atoms with Crippen molar-refractivity contribution in [2.45, 2.75) is 43.8 Å². The van der Waals surface area contributed by atoms with Gasteiger partial charge in [0.05, 0.1) is 14.2 Å². The van der Waals surface area contributed by atoms with Crippen LogP contribution in [0.4, 0.5) is 0 Å². The molecule has 2 bridgehead atoms. The number of halogens is 1. The summed E-state index contributed by atoms with van der Waals surface area (Å²) in [5.41, 5.74) is 0.610. The molecule has 3 rings (SSSR count). The first kappa shape index (κ1) is 16.9. The predicted octanol–water partition coefficient (Wildman–Crippen LogP) is 2.14. The molecular formula is C16H23ClN2O3. The van der Waals surface area contributed by atoms with Gasteiger partial charge in [0.2, 0.25) is 0 Å². The summed E-state index contributed by atoms with van der Waals surface area (Å²) in [5, 5.41) is 6.73. The summed E-state index contributed by atoms with van der Waals surface area (Å²) in [5.74, 6) is 1.17. The second kappa shape index (κ2) is 7.20. The van der Waals surface area contributed by atoms with Crippen LogP contribution in [0.2, 0.25) is 0 Å². The molecule has 0 aromatic heterocycles. The van der Waals surface area contributed by atoms with Crippen LogP contribution in [-0.2, 0) is 0 Å². The van der Waals surface area contributed by atoms with Crippen molar-refractivity contribution in [3.05, 3.63) is 23.8 Å². The van der Waals surface area contributed by atoms with E-state index in [4.69, 9.17) is 9.47 Å². The highest BCUT2D eigenvalue weighted by Gasteiger charge is 2.34. The first-order chi connectivity index (χ1) is 10.2. The predicted molar refractivity (Wildman–Crippen MR) is 87.2 cm³/mol. The van der Waals surface area contributed by atoms with Crippen LogP contribution in [0.15, 0.2) is 18.2 Å². The summed E-state index contributed by atoms with van der Waals surface area (Å²) in [7, 11) is 3.16. The molecule has 2 N–H and O–H groups in total. The smallest absolute Gasteiger partial charge is 0.251 e. The van der Waals surface area contributed by atoms with Gasteiger partial charge in [-0.1, -0.05) is 0 Å². The highest BCUT2D eigenvalue weighted by atomic mass is 35.5. The van der Waals surface area contributed by atoms with Gasteiger partial charge in [-0.3, -0.25) is 4.79 Å². The van der Waals surface area contributed by atoms with E-state index in [0.29, 0.717) is 29.1 Å². The van der Waals surface area contributed by atoms with Gasteiger partial charge in [-0.2, -0.15) is 0 Å². The Bertz CT molecular complexity index is 526. The summed E-state index contributed by atoms with van der Waals surface area (Å²) >= 11 is 0. The highest BCUT2D eigenvalue weighted by Crippen LogP contribution is 2.29. The van der Waals surface area contributed by atoms with Crippen molar-refractivity contribution in [3.8, 4) is 11.5 Å². The van der Waals surface area contributed by atoms with Crippen LogP contribution in [0.25, 0.3) is 0 Å². The van der Waals surface area contributed by atoms with Crippen LogP contribution in [0, 0.1) is 0 Å². The van der Waals surface area contributed by atoms with Crippen molar-refractivity contribution in [2.75, 3.05) is 14.2 Å². The summed E-state index contributed by atoms with van der Waals surface area (Å²) in [6, 6.07) is 6.67. The highest BCUT2D eigenvalue weighted by molar-refractivity contribution is 5.95. The topological polar surface area (TPSA) is 59.6 Å². The molecule has 1 aromatic rings. The van der Waals surface area contributed by atoms with Gasteiger partial charge < -0.3 is 20.1 Å². The fraction of sp³-hybridized carbons (Fsp3) is 0.562. The summed E-state index contributed by atoms with van der Waals surface area (Å²) in [6.07, 6.45) is 4.51. The molecular weight excluding hydrogens is 304 g/mol. The van der Waals surface area contributed by atoms with E-state index in [9.17, 15) is 4.79 Å². The molecule has 0 spiro atoms. The first-order valence-corrected chi connectivity index (χ1v) is 7.48. The Labute approximate surface area is 137 Å². The number of carbonyl (C=O) groups excluding carboxylic acids is 1. The monoisotopic (exact) mass is 326 g/mol. The zero-order valence-electron chi connectivity index (χ0n) is 12.9. The van der Waals surface area contributed by atoms with E-state index in [1.807, 2.05) is 0 Å². The number of fused-ring (bicyclic) bond motifs is 2. The number of benzene rings is 1. The minimum Gasteiger partial charge on any atom is -0.493 e. The average Bonchev–Trinajstić information content (AvgIpc) is 2.85. The SMILES string of the molecule is COc1ccc(C(=O)NC2CC3CCC(C2)N3)cc1OC.Cl. The lowest BCUT2D eigenvalue weighted by molar-refractivity contribution is 0.0923. The molecule has 2 atom stereocenters. The molecule has 22 heavy (non-hydrogen) atoms. The maximum atomic E-state index is 12.4. The van der Waals surface area contributed by atoms with E-state index in [2.05, 4.69) is 10.6 Å². The van der Waals surface area contributed by atoms with Gasteiger partial charge in [0.1, 0.15) is 0 Å². The number of hydrogen-bond donors (Lipinski definition) is 2. The van der Waals surface area contributed by atoms with E-state index in [1.54, 1.807) is 32.4 Å². The quantitative estimate of drug-likeness (QED) is 0.890. The Balaban J connectivity index is 0.00000176. The van der Waals surface area contributed by atoms with E-state index in [-0.39, 0.29) is 24.4 Å². The number of rotatable bonds is 4. The van der Waals surface area contributed by atoms with Crippen LogP contribution in [0.3, 0.4) is 0 Å². The van der Waals surface area contributed by atoms with Crippen molar-refractivity contribution in [3.63, 3.8) is 0 Å². The third-order valence-electron chi connectivity index (χ3n) is 4.45. The Hall–Kier alpha value is -1.46. The van der Waals surface area contributed by atoms with E-state index >= 15 is 0 Å². The van der Waals surface area contributed by atoms with Crippen molar-refractivity contribution in [1.82, 2.24) is 10.6 Å². The molecule has 5 nitrogen and oxygen atoms in total. The molecule has 2 aliphatic rings. The molecule has 1 amide bonds. The maximum Gasteiger partial charge on any atom is 0.251 e. The number of amides is 1. The maximum absolute atomic E-state index is 12.4. The molecule has 0 aliphatic carbocycles. The second-order valence-electron chi connectivity index (χ2n) is 5.85. The van der Waals surface area contributed by atoms with Crippen molar-refractivity contribution in [2.24, 2.45) is 0 Å². The fourth-order valence-electron chi connectivity index (χ4n) is 3.42. The van der Waals surface area contributed by atoms with E-state index in [1.165, 1.54) is 12.8 Å². The third kappa shape index (κ3) is 3.47. The van der Waals surface area contributed by atoms with Gasteiger partial charge in [-0.05, 0) is 43.9 Å². The summed E-state index contributed by atoms with van der Waals surface area (Å²) in [4.78, 5) is 12.4. The number of carbonyl (C=O) groups is 1. The fourth-order valence-corrected chi connectivity index (χ4v) is 3.42. The normalized spacial score (nSPS) is 26.0. The van der Waals surface area contributed by atoms with Gasteiger partial charge in [-0.15, -0.1) is 12.4 Å². The third-order valence-corrected chi connectivity index (χ3v) is 4.45. The Morgan fingerprint density at radius 2 is 1.77 bits per heavy atom. The standard InChI is InChI=1S/C16H22N2O3.ClH/c1-20-14-6-3-10(7-15(14)21-2)16(19)18-13-8-11-4-5-12(9-13)17-11;/h3,6-7,11-13,17H,4-5,8-9H2,1-2H3,(H,18,19);1H. The number of ether oxygens (including phenoxy) is 2. The number of methoxy groups -OCH3 is 2. The van der Waals surface area contributed by atoms with E-state index in [0.717, 1.165) is 12.8 Å². The molecule has 6 heteroatoms. The van der Waals surface area contributed by atoms with Gasteiger partial charge in [0.15, 0.2) is 11.5 Å². The summed E-state index contributed by atoms with van der Waals surface area (Å²) in [6.45, 7) is 0. The number of piperidine rings is 1. The van der Waals surface area contributed by atoms with Crippen molar-refractivity contribution < 1.29 is 14.3 Å². The zero-order valence-corrected chi connectivity index (χ0v) is 13.7. The average molecular weight is 327 g/mol. The molecule has 2 heterocycles. The van der Waals surface area contributed by atoms with Gasteiger partial charge >= 0.3 is 0 Å². The molecule has 2 aliphatic heterocycles. The molecule has 0 saturated carbocycles. The van der Waals surface area contributed by atoms with Crippen LogP contribution < -0.4 is 20.1 Å². The second-order valence-corrected chi connectivity index (χ2v) is 5.85. The molecule has 2 saturated heterocycles. The van der Waals surface area contributed by atoms with Crippen LogP contribution in [0.1, 0.15) is 36.0 Å². The largest absolute Gasteiger partial charge is 0.493 e. The van der Waals surface area contributed by atoms with E-state index < -0.39 is 0 Å². The Morgan fingerprint density at radius 3 is 2.36 bits per heavy atom. The Kier molecular flexibility index (Phi) is 5.53. The molecule has 0 radical (unpaired) electrons. The molecule has 1 aromatic carbocycles. The number of nitrogens with one attached hydrogen (secondary N) is 2. The number of hydrogen-bond acceptors (Lipinski definition) is 4. The lowest BCUT2D eigenvalue weighted by atomic mass is 9.99. The van der Waals surface area contributed by atoms with Gasteiger partial charge in [0, 0.05) is 23.7 Å². The molecule has 2 fully saturated rings. The van der Waals surface area contributed by atoms with Crippen molar-refractivity contribution in [1.29, 1.82) is 0 Å². The molecule has 122 valence electrons.